The van der Waals surface area contributed by atoms with Crippen molar-refractivity contribution in [3.05, 3.63) is 47.5 Å². The molecule has 2 N–H and O–H groups in total. The Morgan fingerprint density at radius 3 is 2.41 bits per heavy atom. The van der Waals surface area contributed by atoms with Crippen molar-refractivity contribution in [3.8, 4) is 11.5 Å². The number of amides is 1. The number of hydrogen-bond acceptors (Lipinski definition) is 5. The van der Waals surface area contributed by atoms with E-state index < -0.39 is 22.0 Å². The first-order valence-electron chi connectivity index (χ1n) is 8.16. The van der Waals surface area contributed by atoms with Crippen LogP contribution < -0.4 is 19.5 Å². The van der Waals surface area contributed by atoms with E-state index in [0.717, 1.165) is 0 Å². The highest BCUT2D eigenvalue weighted by Crippen LogP contribution is 2.27. The number of rotatable bonds is 8. The third-order valence-electron chi connectivity index (χ3n) is 3.59. The molecule has 0 fully saturated rings. The summed E-state index contributed by atoms with van der Waals surface area (Å²) < 4.78 is 37.6. The second kappa shape index (κ2) is 9.07. The van der Waals surface area contributed by atoms with Crippen LogP contribution in [-0.2, 0) is 14.8 Å². The summed E-state index contributed by atoms with van der Waals surface area (Å²) in [7, 11) is -2.50. The van der Waals surface area contributed by atoms with Gasteiger partial charge in [0.2, 0.25) is 15.9 Å². The monoisotopic (exact) mass is 412 g/mol. The van der Waals surface area contributed by atoms with Crippen LogP contribution in [-0.4, -0.2) is 34.1 Å². The molecule has 2 rings (SSSR count). The summed E-state index contributed by atoms with van der Waals surface area (Å²) in [6, 6.07) is 9.84. The summed E-state index contributed by atoms with van der Waals surface area (Å²) >= 11 is 5.97. The molecule has 0 unspecified atom stereocenters. The molecule has 1 amide bonds. The Morgan fingerprint density at radius 2 is 1.85 bits per heavy atom. The Labute approximate surface area is 163 Å². The van der Waals surface area contributed by atoms with E-state index in [9.17, 15) is 13.2 Å². The van der Waals surface area contributed by atoms with Gasteiger partial charge in [-0.2, -0.15) is 4.72 Å². The van der Waals surface area contributed by atoms with Gasteiger partial charge < -0.3 is 14.8 Å². The molecule has 2 aromatic rings. The van der Waals surface area contributed by atoms with Crippen molar-refractivity contribution in [1.82, 2.24) is 4.72 Å². The average molecular weight is 413 g/mol. The highest BCUT2D eigenvalue weighted by atomic mass is 35.5. The molecule has 7 nitrogen and oxygen atoms in total. The fourth-order valence-electron chi connectivity index (χ4n) is 2.22. The van der Waals surface area contributed by atoms with Crippen LogP contribution in [0, 0.1) is 0 Å². The van der Waals surface area contributed by atoms with Gasteiger partial charge >= 0.3 is 0 Å². The van der Waals surface area contributed by atoms with Gasteiger partial charge in [-0.05, 0) is 56.3 Å². The number of carbonyl (C=O) groups excluding carboxylic acids is 1. The van der Waals surface area contributed by atoms with Crippen molar-refractivity contribution in [3.63, 3.8) is 0 Å². The van der Waals surface area contributed by atoms with Crippen LogP contribution in [0.2, 0.25) is 5.02 Å². The first kappa shape index (κ1) is 21.0. The molecule has 0 heterocycles. The maximum absolute atomic E-state index is 12.5. The van der Waals surface area contributed by atoms with E-state index in [0.29, 0.717) is 23.8 Å². The summed E-state index contributed by atoms with van der Waals surface area (Å²) in [6.45, 7) is 3.87. The van der Waals surface area contributed by atoms with Crippen molar-refractivity contribution >= 4 is 33.2 Å². The van der Waals surface area contributed by atoms with Crippen LogP contribution >= 0.6 is 11.6 Å². The van der Waals surface area contributed by atoms with Gasteiger partial charge in [0, 0.05) is 5.69 Å². The number of halogens is 1. The van der Waals surface area contributed by atoms with Crippen LogP contribution in [0.1, 0.15) is 13.8 Å². The van der Waals surface area contributed by atoms with Crippen LogP contribution in [0.3, 0.4) is 0 Å². The second-order valence-corrected chi connectivity index (χ2v) is 7.71. The zero-order valence-corrected chi connectivity index (χ0v) is 16.7. The van der Waals surface area contributed by atoms with Gasteiger partial charge in [0.1, 0.15) is 11.5 Å². The summed E-state index contributed by atoms with van der Waals surface area (Å²) in [5.74, 6) is 0.542. The lowest BCUT2D eigenvalue weighted by Crippen LogP contribution is -2.41. The molecule has 1 atom stereocenters. The SMILES string of the molecule is CCOc1ccc(NC(=O)[C@H](C)NS(=O)(=O)c2ccc(OC)c(Cl)c2)cc1. The maximum Gasteiger partial charge on any atom is 0.242 e. The molecule has 0 spiro atoms. The van der Waals surface area contributed by atoms with E-state index in [1.807, 2.05) is 6.92 Å². The number of sulfonamides is 1. The standard InChI is InChI=1S/C18H21ClN2O5S/c1-4-26-14-7-5-13(6-8-14)20-18(22)12(2)21-27(23,24)15-9-10-17(25-3)16(19)11-15/h5-12,21H,4H2,1-3H3,(H,20,22)/t12-/m0/s1. The average Bonchev–Trinajstić information content (AvgIpc) is 2.63. The highest BCUT2D eigenvalue weighted by Gasteiger charge is 2.23. The van der Waals surface area contributed by atoms with Gasteiger partial charge in [-0.25, -0.2) is 8.42 Å². The number of anilines is 1. The van der Waals surface area contributed by atoms with Crippen molar-refractivity contribution in [2.75, 3.05) is 19.0 Å². The van der Waals surface area contributed by atoms with Gasteiger partial charge in [0.25, 0.3) is 0 Å². The van der Waals surface area contributed by atoms with E-state index >= 15 is 0 Å². The Balaban J connectivity index is 2.05. The minimum absolute atomic E-state index is 0.0611. The highest BCUT2D eigenvalue weighted by molar-refractivity contribution is 7.89. The van der Waals surface area contributed by atoms with Crippen LogP contribution in [0.25, 0.3) is 0 Å². The third kappa shape index (κ3) is 5.59. The molecular weight excluding hydrogens is 392 g/mol. The lowest BCUT2D eigenvalue weighted by Gasteiger charge is -2.15. The van der Waals surface area contributed by atoms with Gasteiger partial charge in [0.05, 0.1) is 29.7 Å². The predicted octanol–water partition coefficient (Wildman–Crippen LogP) is 3.05. The van der Waals surface area contributed by atoms with Crippen LogP contribution in [0.4, 0.5) is 5.69 Å². The normalized spacial score (nSPS) is 12.3. The summed E-state index contributed by atoms with van der Waals surface area (Å²) in [4.78, 5) is 12.2. The van der Waals surface area contributed by atoms with E-state index in [-0.39, 0.29) is 9.92 Å². The Morgan fingerprint density at radius 1 is 1.19 bits per heavy atom. The molecule has 0 saturated carbocycles. The van der Waals surface area contributed by atoms with Crippen molar-refractivity contribution < 1.29 is 22.7 Å². The lowest BCUT2D eigenvalue weighted by atomic mass is 10.2. The molecule has 0 radical (unpaired) electrons. The van der Waals surface area contributed by atoms with Crippen molar-refractivity contribution in [1.29, 1.82) is 0 Å². The molecule has 0 aromatic heterocycles. The molecule has 0 aliphatic heterocycles. The molecule has 146 valence electrons. The zero-order chi connectivity index (χ0) is 20.0. The number of hydrogen-bond donors (Lipinski definition) is 2. The number of carbonyl (C=O) groups is 1. The number of nitrogens with one attached hydrogen (secondary N) is 2. The van der Waals surface area contributed by atoms with Gasteiger partial charge in [-0.1, -0.05) is 11.6 Å². The summed E-state index contributed by atoms with van der Waals surface area (Å²) in [6.07, 6.45) is 0. The second-order valence-electron chi connectivity index (χ2n) is 5.59. The Bertz CT molecular complexity index is 900. The van der Waals surface area contributed by atoms with E-state index in [4.69, 9.17) is 21.1 Å². The molecule has 9 heteroatoms. The fourth-order valence-corrected chi connectivity index (χ4v) is 3.77. The summed E-state index contributed by atoms with van der Waals surface area (Å²) in [5, 5.41) is 2.81. The molecule has 0 aliphatic carbocycles. The molecule has 0 bridgehead atoms. The first-order chi connectivity index (χ1) is 12.8. The molecular formula is C18H21ClN2O5S. The van der Waals surface area contributed by atoms with Crippen LogP contribution in [0.15, 0.2) is 47.4 Å². The number of benzene rings is 2. The first-order valence-corrected chi connectivity index (χ1v) is 10.0. The quantitative estimate of drug-likeness (QED) is 0.695. The van der Waals surface area contributed by atoms with Crippen molar-refractivity contribution in [2.24, 2.45) is 0 Å². The van der Waals surface area contributed by atoms with Crippen LogP contribution in [0.5, 0.6) is 11.5 Å². The zero-order valence-electron chi connectivity index (χ0n) is 15.2. The van der Waals surface area contributed by atoms with Crippen molar-refractivity contribution in [2.45, 2.75) is 24.8 Å². The number of ether oxygens (including phenoxy) is 2. The third-order valence-corrected chi connectivity index (χ3v) is 5.43. The summed E-state index contributed by atoms with van der Waals surface area (Å²) in [5.41, 5.74) is 0.530. The van der Waals surface area contributed by atoms with E-state index in [1.54, 1.807) is 24.3 Å². The predicted molar refractivity (Wildman–Crippen MR) is 104 cm³/mol. The molecule has 0 aliphatic rings. The maximum atomic E-state index is 12.5. The van der Waals surface area contributed by atoms with E-state index in [2.05, 4.69) is 10.0 Å². The molecule has 2 aromatic carbocycles. The molecule has 27 heavy (non-hydrogen) atoms. The smallest absolute Gasteiger partial charge is 0.242 e. The Hall–Kier alpha value is -2.29. The Kier molecular flexibility index (Phi) is 7.06. The van der Waals surface area contributed by atoms with Gasteiger partial charge in [0.15, 0.2) is 0 Å². The van der Waals surface area contributed by atoms with Gasteiger partial charge in [-0.3, -0.25) is 4.79 Å². The number of methoxy groups -OCH3 is 1. The largest absolute Gasteiger partial charge is 0.495 e. The van der Waals surface area contributed by atoms with Gasteiger partial charge in [-0.15, -0.1) is 0 Å². The molecule has 0 saturated heterocycles. The lowest BCUT2D eigenvalue weighted by molar-refractivity contribution is -0.117. The van der Waals surface area contributed by atoms with E-state index in [1.165, 1.54) is 32.2 Å². The minimum Gasteiger partial charge on any atom is -0.495 e. The fraction of sp³-hybridized carbons (Fsp3) is 0.278. The minimum atomic E-state index is -3.93. The topological polar surface area (TPSA) is 93.7 Å².